The summed E-state index contributed by atoms with van der Waals surface area (Å²) in [7, 11) is 0. The van der Waals surface area contributed by atoms with Gasteiger partial charge in [0.25, 0.3) is 0 Å². The Labute approximate surface area is 88.2 Å². The molecule has 2 unspecified atom stereocenters. The van der Waals surface area contributed by atoms with Crippen LogP contribution in [0.25, 0.3) is 0 Å². The molecule has 0 aromatic rings. The van der Waals surface area contributed by atoms with Crippen LogP contribution in [-0.4, -0.2) is 29.1 Å². The second kappa shape index (κ2) is 4.28. The number of fused-ring (bicyclic) bond motifs is 1. The van der Waals surface area contributed by atoms with E-state index in [1.807, 2.05) is 0 Å². The maximum absolute atomic E-state index is 9.09. The molecule has 0 bridgehead atoms. The Morgan fingerprint density at radius 1 is 1.38 bits per heavy atom. The Morgan fingerprint density at radius 3 is 3.00 bits per heavy atom. The zero-order valence-electron chi connectivity index (χ0n) is 7.88. The third-order valence-electron chi connectivity index (χ3n) is 3.57. The van der Waals surface area contributed by atoms with Crippen LogP contribution >= 0.6 is 15.9 Å². The number of hydrogen-bond donors (Lipinski definition) is 2. The lowest BCUT2D eigenvalue weighted by Crippen LogP contribution is -2.49. The molecule has 76 valence electrons. The number of hydrogen-bond acceptors (Lipinski definition) is 2. The van der Waals surface area contributed by atoms with Crippen molar-refractivity contribution < 1.29 is 5.11 Å². The molecule has 0 spiro atoms. The van der Waals surface area contributed by atoms with Crippen LogP contribution in [0.2, 0.25) is 0 Å². The fraction of sp³-hybridized carbons (Fsp3) is 1.00. The van der Waals surface area contributed by atoms with Gasteiger partial charge in [0.1, 0.15) is 0 Å². The molecule has 1 aliphatic carbocycles. The van der Waals surface area contributed by atoms with Crippen LogP contribution in [0.3, 0.4) is 0 Å². The van der Waals surface area contributed by atoms with Crippen LogP contribution in [0.15, 0.2) is 0 Å². The number of piperidine rings is 1. The Kier molecular flexibility index (Phi) is 3.27. The van der Waals surface area contributed by atoms with Crippen molar-refractivity contribution in [2.45, 2.75) is 36.6 Å². The molecule has 1 aliphatic heterocycles. The summed E-state index contributed by atoms with van der Waals surface area (Å²) in [5, 5.41) is 12.5. The van der Waals surface area contributed by atoms with Gasteiger partial charge >= 0.3 is 0 Å². The summed E-state index contributed by atoms with van der Waals surface area (Å²) in [6.07, 6.45) is 5.21. The molecule has 2 aliphatic rings. The van der Waals surface area contributed by atoms with Crippen molar-refractivity contribution in [3.63, 3.8) is 0 Å². The van der Waals surface area contributed by atoms with E-state index < -0.39 is 0 Å². The van der Waals surface area contributed by atoms with Crippen LogP contribution in [0.5, 0.6) is 0 Å². The molecule has 1 heterocycles. The van der Waals surface area contributed by atoms with Crippen molar-refractivity contribution >= 4 is 15.9 Å². The van der Waals surface area contributed by atoms with Crippen molar-refractivity contribution in [3.8, 4) is 0 Å². The first kappa shape index (κ1) is 9.94. The highest BCUT2D eigenvalue weighted by atomic mass is 79.9. The predicted molar refractivity (Wildman–Crippen MR) is 57.0 cm³/mol. The van der Waals surface area contributed by atoms with E-state index >= 15 is 0 Å². The van der Waals surface area contributed by atoms with Gasteiger partial charge in [0, 0.05) is 10.9 Å². The number of rotatable bonds is 1. The van der Waals surface area contributed by atoms with E-state index in [1.165, 1.54) is 19.3 Å². The van der Waals surface area contributed by atoms with Crippen molar-refractivity contribution in [1.29, 1.82) is 0 Å². The highest BCUT2D eigenvalue weighted by molar-refractivity contribution is 9.09. The molecular weight excluding hydrogens is 230 g/mol. The van der Waals surface area contributed by atoms with Crippen LogP contribution in [0.4, 0.5) is 0 Å². The van der Waals surface area contributed by atoms with E-state index in [9.17, 15) is 0 Å². The number of nitrogens with one attached hydrogen (secondary N) is 1. The van der Waals surface area contributed by atoms with Gasteiger partial charge in [0.15, 0.2) is 0 Å². The molecule has 0 radical (unpaired) electrons. The van der Waals surface area contributed by atoms with E-state index in [4.69, 9.17) is 5.11 Å². The number of alkyl halides is 1. The highest BCUT2D eigenvalue weighted by Gasteiger charge is 2.36. The molecule has 0 amide bonds. The normalized spacial score (nSPS) is 45.7. The van der Waals surface area contributed by atoms with Gasteiger partial charge in [-0.3, -0.25) is 0 Å². The summed E-state index contributed by atoms with van der Waals surface area (Å²) in [5.41, 5.74) is 0. The molecular formula is C10H18BrNO. The van der Waals surface area contributed by atoms with Gasteiger partial charge in [-0.2, -0.15) is 0 Å². The lowest BCUT2D eigenvalue weighted by Gasteiger charge is -2.42. The minimum Gasteiger partial charge on any atom is -0.395 e. The molecule has 0 aromatic heterocycles. The van der Waals surface area contributed by atoms with Crippen molar-refractivity contribution in [1.82, 2.24) is 5.32 Å². The van der Waals surface area contributed by atoms with E-state index in [2.05, 4.69) is 21.2 Å². The van der Waals surface area contributed by atoms with Gasteiger partial charge in [-0.25, -0.2) is 0 Å². The molecule has 2 fully saturated rings. The standard InChI is InChI=1S/C10H18BrNO/c11-10-3-1-2-7-5-12-8(6-13)4-9(7)10/h7-10,12-13H,1-6H2/t7?,8-,9+,10?/m1/s1. The minimum absolute atomic E-state index is 0.295. The maximum atomic E-state index is 9.09. The number of aliphatic hydroxyl groups excluding tert-OH is 1. The van der Waals surface area contributed by atoms with Gasteiger partial charge in [0.05, 0.1) is 6.61 Å². The van der Waals surface area contributed by atoms with E-state index in [-0.39, 0.29) is 0 Å². The topological polar surface area (TPSA) is 32.3 Å². The van der Waals surface area contributed by atoms with Crippen LogP contribution < -0.4 is 5.32 Å². The average molecular weight is 248 g/mol. The Morgan fingerprint density at radius 2 is 2.23 bits per heavy atom. The lowest BCUT2D eigenvalue weighted by atomic mass is 9.74. The fourth-order valence-corrected chi connectivity index (χ4v) is 3.73. The van der Waals surface area contributed by atoms with Gasteiger partial charge < -0.3 is 10.4 Å². The predicted octanol–water partition coefficient (Wildman–Crippen LogP) is 1.52. The molecule has 0 aromatic carbocycles. The number of halogens is 1. The third kappa shape index (κ3) is 2.08. The SMILES string of the molecule is OC[C@H]1C[C@@H]2C(Br)CCCC2CN1. The monoisotopic (exact) mass is 247 g/mol. The second-order valence-electron chi connectivity index (χ2n) is 4.39. The Balaban J connectivity index is 1.97. The third-order valence-corrected chi connectivity index (χ3v) is 4.71. The van der Waals surface area contributed by atoms with Crippen LogP contribution in [0.1, 0.15) is 25.7 Å². The highest BCUT2D eigenvalue weighted by Crippen LogP contribution is 2.39. The average Bonchev–Trinajstić information content (AvgIpc) is 2.18. The largest absolute Gasteiger partial charge is 0.395 e. The summed E-state index contributed by atoms with van der Waals surface area (Å²) < 4.78 is 0. The van der Waals surface area contributed by atoms with Gasteiger partial charge in [-0.05, 0) is 37.6 Å². The molecule has 2 N–H and O–H groups in total. The first-order valence-electron chi connectivity index (χ1n) is 5.29. The van der Waals surface area contributed by atoms with Gasteiger partial charge in [-0.1, -0.05) is 22.4 Å². The van der Waals surface area contributed by atoms with E-state index in [0.717, 1.165) is 24.8 Å². The molecule has 3 heteroatoms. The van der Waals surface area contributed by atoms with Crippen molar-refractivity contribution in [2.24, 2.45) is 11.8 Å². The summed E-state index contributed by atoms with van der Waals surface area (Å²) in [6.45, 7) is 1.40. The number of aliphatic hydroxyl groups is 1. The van der Waals surface area contributed by atoms with Crippen LogP contribution in [-0.2, 0) is 0 Å². The lowest BCUT2D eigenvalue weighted by molar-refractivity contribution is 0.125. The zero-order chi connectivity index (χ0) is 9.26. The summed E-state index contributed by atoms with van der Waals surface area (Å²) in [5.74, 6) is 1.65. The summed E-state index contributed by atoms with van der Waals surface area (Å²) in [4.78, 5) is 0.697. The van der Waals surface area contributed by atoms with E-state index in [0.29, 0.717) is 17.5 Å². The fourth-order valence-electron chi connectivity index (χ4n) is 2.76. The van der Waals surface area contributed by atoms with Crippen molar-refractivity contribution in [2.75, 3.05) is 13.2 Å². The Bertz CT molecular complexity index is 176. The molecule has 13 heavy (non-hydrogen) atoms. The first-order valence-corrected chi connectivity index (χ1v) is 6.21. The molecule has 2 nitrogen and oxygen atoms in total. The molecule has 1 saturated heterocycles. The molecule has 1 saturated carbocycles. The quantitative estimate of drug-likeness (QED) is 0.689. The summed E-state index contributed by atoms with van der Waals surface area (Å²) >= 11 is 3.78. The Hall–Kier alpha value is 0.400. The summed E-state index contributed by atoms with van der Waals surface area (Å²) in [6, 6.07) is 0.347. The minimum atomic E-state index is 0.295. The second-order valence-corrected chi connectivity index (χ2v) is 5.57. The zero-order valence-corrected chi connectivity index (χ0v) is 9.46. The van der Waals surface area contributed by atoms with Crippen LogP contribution in [0, 0.1) is 11.8 Å². The van der Waals surface area contributed by atoms with Crippen molar-refractivity contribution in [3.05, 3.63) is 0 Å². The van der Waals surface area contributed by atoms with Gasteiger partial charge in [0.2, 0.25) is 0 Å². The first-order chi connectivity index (χ1) is 6.31. The van der Waals surface area contributed by atoms with Gasteiger partial charge in [-0.15, -0.1) is 0 Å². The molecule has 2 rings (SSSR count). The maximum Gasteiger partial charge on any atom is 0.0584 e. The molecule has 4 atom stereocenters. The smallest absolute Gasteiger partial charge is 0.0584 e. The van der Waals surface area contributed by atoms with E-state index in [1.54, 1.807) is 0 Å².